The zero-order valence-corrected chi connectivity index (χ0v) is 12.6. The van der Waals surface area contributed by atoms with Crippen molar-refractivity contribution in [3.8, 4) is 0 Å². The SMILES string of the molecule is CNCc1ccc2c(ccn2CC2CCC(C)(C)O2)c1. The standard InChI is InChI=1S/C17H24N2O/c1-17(2)8-6-15(20-17)12-19-9-7-14-10-13(11-18-3)4-5-16(14)19/h4-5,7,9-10,15,18H,6,8,11-12H2,1-3H3. The van der Waals surface area contributed by atoms with Gasteiger partial charge in [-0.3, -0.25) is 0 Å². The van der Waals surface area contributed by atoms with Gasteiger partial charge in [0, 0.05) is 24.8 Å². The highest BCUT2D eigenvalue weighted by atomic mass is 16.5. The molecule has 0 bridgehead atoms. The predicted molar refractivity (Wildman–Crippen MR) is 82.9 cm³/mol. The van der Waals surface area contributed by atoms with Crippen molar-refractivity contribution in [2.45, 2.75) is 51.5 Å². The second-order valence-electron chi connectivity index (χ2n) is 6.43. The van der Waals surface area contributed by atoms with Crippen LogP contribution in [0.25, 0.3) is 10.9 Å². The lowest BCUT2D eigenvalue weighted by Crippen LogP contribution is -2.22. The van der Waals surface area contributed by atoms with E-state index in [1.807, 2.05) is 7.05 Å². The molecule has 0 radical (unpaired) electrons. The first-order valence-electron chi connectivity index (χ1n) is 7.48. The maximum absolute atomic E-state index is 6.10. The van der Waals surface area contributed by atoms with Crippen molar-refractivity contribution in [1.29, 1.82) is 0 Å². The Morgan fingerprint density at radius 3 is 2.90 bits per heavy atom. The fourth-order valence-corrected chi connectivity index (χ4v) is 3.15. The summed E-state index contributed by atoms with van der Waals surface area (Å²) in [4.78, 5) is 0. The lowest BCUT2D eigenvalue weighted by molar-refractivity contribution is -0.0212. The molecule has 0 amide bonds. The van der Waals surface area contributed by atoms with Gasteiger partial charge in [0.15, 0.2) is 0 Å². The van der Waals surface area contributed by atoms with E-state index >= 15 is 0 Å². The largest absolute Gasteiger partial charge is 0.370 e. The van der Waals surface area contributed by atoms with Crippen LogP contribution in [0.15, 0.2) is 30.5 Å². The molecule has 20 heavy (non-hydrogen) atoms. The van der Waals surface area contributed by atoms with Crippen LogP contribution in [0.3, 0.4) is 0 Å². The molecule has 1 aliphatic heterocycles. The molecule has 1 aromatic carbocycles. The van der Waals surface area contributed by atoms with E-state index < -0.39 is 0 Å². The van der Waals surface area contributed by atoms with Gasteiger partial charge in [-0.05, 0) is 62.9 Å². The van der Waals surface area contributed by atoms with E-state index in [1.165, 1.54) is 16.5 Å². The van der Waals surface area contributed by atoms with Gasteiger partial charge in [-0.2, -0.15) is 0 Å². The van der Waals surface area contributed by atoms with Gasteiger partial charge in [0.2, 0.25) is 0 Å². The number of rotatable bonds is 4. The van der Waals surface area contributed by atoms with Crippen LogP contribution in [0.4, 0.5) is 0 Å². The zero-order chi connectivity index (χ0) is 14.2. The molecule has 1 saturated heterocycles. The van der Waals surface area contributed by atoms with E-state index in [0.29, 0.717) is 6.10 Å². The van der Waals surface area contributed by atoms with E-state index in [0.717, 1.165) is 25.9 Å². The number of benzene rings is 1. The van der Waals surface area contributed by atoms with Crippen LogP contribution in [0.1, 0.15) is 32.3 Å². The summed E-state index contributed by atoms with van der Waals surface area (Å²) in [6.45, 7) is 6.24. The predicted octanol–water partition coefficient (Wildman–Crippen LogP) is 3.32. The molecule has 1 aliphatic rings. The quantitative estimate of drug-likeness (QED) is 0.924. The van der Waals surface area contributed by atoms with Crippen LogP contribution in [-0.4, -0.2) is 23.3 Å². The summed E-state index contributed by atoms with van der Waals surface area (Å²) in [7, 11) is 1.98. The van der Waals surface area contributed by atoms with E-state index in [9.17, 15) is 0 Å². The highest BCUT2D eigenvalue weighted by molar-refractivity contribution is 5.80. The normalized spacial score (nSPS) is 21.6. The molecule has 1 fully saturated rings. The summed E-state index contributed by atoms with van der Waals surface area (Å²) < 4.78 is 8.43. The topological polar surface area (TPSA) is 26.2 Å². The molecular weight excluding hydrogens is 248 g/mol. The number of nitrogens with one attached hydrogen (secondary N) is 1. The van der Waals surface area contributed by atoms with Crippen LogP contribution >= 0.6 is 0 Å². The Morgan fingerprint density at radius 2 is 2.20 bits per heavy atom. The molecule has 0 aliphatic carbocycles. The summed E-state index contributed by atoms with van der Waals surface area (Å²) in [5, 5.41) is 4.51. The highest BCUT2D eigenvalue weighted by Gasteiger charge is 2.31. The van der Waals surface area contributed by atoms with E-state index in [4.69, 9.17) is 4.74 Å². The van der Waals surface area contributed by atoms with Gasteiger partial charge < -0.3 is 14.6 Å². The molecule has 3 heteroatoms. The summed E-state index contributed by atoms with van der Waals surface area (Å²) in [6.07, 6.45) is 4.84. The molecular formula is C17H24N2O. The average Bonchev–Trinajstić information content (AvgIpc) is 2.94. The smallest absolute Gasteiger partial charge is 0.0762 e. The fourth-order valence-electron chi connectivity index (χ4n) is 3.15. The minimum Gasteiger partial charge on any atom is -0.370 e. The number of aromatic nitrogens is 1. The molecule has 0 spiro atoms. The van der Waals surface area contributed by atoms with Gasteiger partial charge in [-0.1, -0.05) is 6.07 Å². The Kier molecular flexibility index (Phi) is 3.57. The molecule has 108 valence electrons. The third-order valence-electron chi connectivity index (χ3n) is 4.17. The summed E-state index contributed by atoms with van der Waals surface area (Å²) in [5.41, 5.74) is 2.68. The molecule has 1 atom stereocenters. The number of ether oxygens (including phenoxy) is 1. The van der Waals surface area contributed by atoms with Crippen molar-refractivity contribution in [3.05, 3.63) is 36.0 Å². The van der Waals surface area contributed by atoms with Crippen LogP contribution in [0.5, 0.6) is 0 Å². The second-order valence-corrected chi connectivity index (χ2v) is 6.43. The first kappa shape index (κ1) is 13.7. The number of fused-ring (bicyclic) bond motifs is 1. The van der Waals surface area contributed by atoms with E-state index in [-0.39, 0.29) is 5.60 Å². The van der Waals surface area contributed by atoms with Crippen LogP contribution in [-0.2, 0) is 17.8 Å². The molecule has 3 nitrogen and oxygen atoms in total. The van der Waals surface area contributed by atoms with Gasteiger partial charge in [-0.15, -0.1) is 0 Å². The van der Waals surface area contributed by atoms with Gasteiger partial charge in [0.1, 0.15) is 0 Å². The third kappa shape index (κ3) is 2.74. The molecule has 0 saturated carbocycles. The highest BCUT2D eigenvalue weighted by Crippen LogP contribution is 2.31. The molecule has 1 aromatic heterocycles. The van der Waals surface area contributed by atoms with Crippen molar-refractivity contribution < 1.29 is 4.74 Å². The van der Waals surface area contributed by atoms with Crippen LogP contribution < -0.4 is 5.32 Å². The maximum Gasteiger partial charge on any atom is 0.0762 e. The third-order valence-corrected chi connectivity index (χ3v) is 4.17. The number of nitrogens with zero attached hydrogens (tertiary/aromatic N) is 1. The Balaban J connectivity index is 1.79. The van der Waals surface area contributed by atoms with Gasteiger partial charge in [-0.25, -0.2) is 0 Å². The monoisotopic (exact) mass is 272 g/mol. The van der Waals surface area contributed by atoms with Crippen molar-refractivity contribution in [1.82, 2.24) is 9.88 Å². The van der Waals surface area contributed by atoms with Crippen LogP contribution in [0.2, 0.25) is 0 Å². The Hall–Kier alpha value is -1.32. The Labute approximate surface area is 120 Å². The fraction of sp³-hybridized carbons (Fsp3) is 0.529. The maximum atomic E-state index is 6.10. The minimum absolute atomic E-state index is 0.0492. The summed E-state index contributed by atoms with van der Waals surface area (Å²) >= 11 is 0. The van der Waals surface area contributed by atoms with E-state index in [1.54, 1.807) is 0 Å². The number of hydrogen-bond acceptors (Lipinski definition) is 2. The van der Waals surface area contributed by atoms with Crippen molar-refractivity contribution in [3.63, 3.8) is 0 Å². The van der Waals surface area contributed by atoms with Crippen LogP contribution in [0, 0.1) is 0 Å². The van der Waals surface area contributed by atoms with Gasteiger partial charge in [0.05, 0.1) is 11.7 Å². The molecule has 2 heterocycles. The average molecular weight is 272 g/mol. The minimum atomic E-state index is 0.0492. The molecule has 2 aromatic rings. The molecule has 3 rings (SSSR count). The Morgan fingerprint density at radius 1 is 1.35 bits per heavy atom. The second kappa shape index (κ2) is 5.23. The van der Waals surface area contributed by atoms with Gasteiger partial charge >= 0.3 is 0 Å². The lowest BCUT2D eigenvalue weighted by Gasteiger charge is -2.20. The summed E-state index contributed by atoms with van der Waals surface area (Å²) in [6, 6.07) is 8.90. The zero-order valence-electron chi connectivity index (χ0n) is 12.6. The first-order valence-corrected chi connectivity index (χ1v) is 7.48. The first-order chi connectivity index (χ1) is 9.57. The Bertz CT molecular complexity index is 600. The molecule has 1 N–H and O–H groups in total. The van der Waals surface area contributed by atoms with Crippen molar-refractivity contribution >= 4 is 10.9 Å². The number of hydrogen-bond donors (Lipinski definition) is 1. The van der Waals surface area contributed by atoms with Crippen molar-refractivity contribution in [2.24, 2.45) is 0 Å². The van der Waals surface area contributed by atoms with Gasteiger partial charge in [0.25, 0.3) is 0 Å². The lowest BCUT2D eigenvalue weighted by atomic mass is 10.1. The van der Waals surface area contributed by atoms with Crippen molar-refractivity contribution in [2.75, 3.05) is 7.05 Å². The summed E-state index contributed by atoms with van der Waals surface area (Å²) in [5.74, 6) is 0. The molecule has 1 unspecified atom stereocenters. The van der Waals surface area contributed by atoms with E-state index in [2.05, 4.69) is 54.2 Å².